The molecule has 0 spiro atoms. The molecule has 4 aliphatic heterocycles. The average molecular weight is 731 g/mol. The number of hydrogen-bond donors (Lipinski definition) is 2. The van der Waals surface area contributed by atoms with Crippen molar-refractivity contribution in [1.29, 1.82) is 0 Å². The number of amidine groups is 1. The van der Waals surface area contributed by atoms with Gasteiger partial charge in [0.25, 0.3) is 10.2 Å². The Morgan fingerprint density at radius 3 is 2.53 bits per heavy atom. The van der Waals surface area contributed by atoms with Crippen LogP contribution in [-0.2, 0) is 15.8 Å². The van der Waals surface area contributed by atoms with Crippen molar-refractivity contribution in [2.24, 2.45) is 4.99 Å². The number of hydrogen-bond acceptors (Lipinski definition) is 9. The molecule has 0 amide bonds. The summed E-state index contributed by atoms with van der Waals surface area (Å²) >= 11 is 7.90. The van der Waals surface area contributed by atoms with E-state index in [4.69, 9.17) is 16.6 Å². The second kappa shape index (κ2) is 12.3. The van der Waals surface area contributed by atoms with E-state index in [1.807, 2.05) is 4.90 Å². The van der Waals surface area contributed by atoms with Gasteiger partial charge in [0, 0.05) is 76.9 Å². The van der Waals surface area contributed by atoms with Gasteiger partial charge in [-0.1, -0.05) is 23.7 Å². The Labute approximate surface area is 289 Å². The maximum atomic E-state index is 14.2. The van der Waals surface area contributed by atoms with Crippen LogP contribution in [0.15, 0.2) is 77.1 Å². The highest BCUT2D eigenvalue weighted by Gasteiger charge is 2.54. The van der Waals surface area contributed by atoms with Crippen LogP contribution in [0, 0.1) is 5.82 Å². The zero-order valence-electron chi connectivity index (χ0n) is 25.7. The number of pyridine rings is 1. The van der Waals surface area contributed by atoms with E-state index in [-0.39, 0.29) is 36.5 Å². The molecule has 49 heavy (non-hydrogen) atoms. The molecular weight excluding hydrogens is 701 g/mol. The fourth-order valence-corrected chi connectivity index (χ4v) is 10.5. The molecule has 4 atom stereocenters. The van der Waals surface area contributed by atoms with E-state index in [1.54, 1.807) is 36.0 Å². The Bertz CT molecular complexity index is 2050. The number of benzene rings is 1. The third-order valence-electron chi connectivity index (χ3n) is 9.66. The molecule has 0 radical (unpaired) electrons. The molecule has 2 bridgehead atoms. The van der Waals surface area contributed by atoms with Gasteiger partial charge in [0.2, 0.25) is 0 Å². The lowest BCUT2D eigenvalue weighted by Gasteiger charge is -2.42. The Balaban J connectivity index is 1.16. The van der Waals surface area contributed by atoms with Crippen LogP contribution in [0.2, 0.25) is 5.02 Å². The number of alkyl halides is 2. The second-order valence-corrected chi connectivity index (χ2v) is 15.6. The molecular formula is C32H30ClF3N8O3S2. The maximum Gasteiger partial charge on any atom is 0.333 e. The zero-order chi connectivity index (χ0) is 34.1. The van der Waals surface area contributed by atoms with Gasteiger partial charge < -0.3 is 10.0 Å². The second-order valence-electron chi connectivity index (χ2n) is 12.7. The molecule has 4 aliphatic rings. The van der Waals surface area contributed by atoms with Crippen molar-refractivity contribution in [3.8, 4) is 0 Å². The van der Waals surface area contributed by atoms with Crippen LogP contribution in [0.4, 0.5) is 13.2 Å². The van der Waals surface area contributed by atoms with Crippen molar-refractivity contribution in [3.05, 3.63) is 105 Å². The van der Waals surface area contributed by atoms with Gasteiger partial charge >= 0.3 is 6.55 Å². The maximum absolute atomic E-state index is 14.2. The van der Waals surface area contributed by atoms with Crippen molar-refractivity contribution >= 4 is 44.6 Å². The number of fused-ring (bicyclic) bond motifs is 3. The van der Waals surface area contributed by atoms with Gasteiger partial charge in [-0.25, -0.2) is 14.1 Å². The van der Waals surface area contributed by atoms with Crippen molar-refractivity contribution in [2.45, 2.75) is 68.4 Å². The first kappa shape index (κ1) is 32.5. The summed E-state index contributed by atoms with van der Waals surface area (Å²) in [5, 5.41) is 18.1. The van der Waals surface area contributed by atoms with Crippen molar-refractivity contribution in [1.82, 2.24) is 33.7 Å². The van der Waals surface area contributed by atoms with Crippen LogP contribution in [0.25, 0.3) is 5.57 Å². The number of aliphatic imine (C=N–C) groups is 1. The molecule has 0 aliphatic carbocycles. The van der Waals surface area contributed by atoms with Crippen LogP contribution in [-0.4, -0.2) is 73.0 Å². The molecule has 256 valence electrons. The summed E-state index contributed by atoms with van der Waals surface area (Å²) in [4.78, 5) is 15.7. The van der Waals surface area contributed by atoms with E-state index in [1.165, 1.54) is 33.8 Å². The highest BCUT2D eigenvalue weighted by atomic mass is 35.5. The molecule has 17 heteroatoms. The Hall–Kier alpha value is -3.67. The number of aliphatic hydroxyl groups is 1. The Kier molecular flexibility index (Phi) is 8.15. The quantitative estimate of drug-likeness (QED) is 0.253. The lowest BCUT2D eigenvalue weighted by Crippen LogP contribution is -2.56. The summed E-state index contributed by atoms with van der Waals surface area (Å²) in [5.41, 5.74) is 1.00. The van der Waals surface area contributed by atoms with Gasteiger partial charge in [-0.05, 0) is 56.0 Å². The summed E-state index contributed by atoms with van der Waals surface area (Å²) in [5.74, 6) is -0.0976. The fourth-order valence-electron chi connectivity index (χ4n) is 7.73. The molecule has 2 unspecified atom stereocenters. The summed E-state index contributed by atoms with van der Waals surface area (Å²) in [7, 11) is -4.05. The normalized spacial score (nSPS) is 27.2. The minimum atomic E-state index is -4.05. The number of thiazole rings is 1. The fraction of sp³-hybridized carbons (Fsp3) is 0.375. The van der Waals surface area contributed by atoms with Gasteiger partial charge in [-0.15, -0.1) is 11.3 Å². The van der Waals surface area contributed by atoms with Gasteiger partial charge in [0.05, 0.1) is 11.4 Å². The van der Waals surface area contributed by atoms with Crippen molar-refractivity contribution < 1.29 is 26.7 Å². The van der Waals surface area contributed by atoms with Crippen molar-refractivity contribution in [2.75, 3.05) is 6.54 Å². The number of piperidine rings is 1. The molecule has 3 aromatic heterocycles. The lowest BCUT2D eigenvalue weighted by atomic mass is 9.84. The number of nitrogens with zero attached hydrogens (tertiary/aromatic N) is 7. The molecule has 8 rings (SSSR count). The van der Waals surface area contributed by atoms with E-state index in [0.717, 1.165) is 12.3 Å². The third-order valence-corrected chi connectivity index (χ3v) is 12.5. The van der Waals surface area contributed by atoms with Crippen LogP contribution in [0.1, 0.15) is 66.7 Å². The molecule has 3 fully saturated rings. The summed E-state index contributed by atoms with van der Waals surface area (Å²) < 4.78 is 74.8. The molecule has 4 aromatic rings. The summed E-state index contributed by atoms with van der Waals surface area (Å²) in [6.07, 6.45) is 6.25. The van der Waals surface area contributed by atoms with E-state index in [9.17, 15) is 26.7 Å². The first-order valence-corrected chi connectivity index (χ1v) is 18.4. The van der Waals surface area contributed by atoms with Crippen LogP contribution in [0.5, 0.6) is 0 Å². The first-order valence-electron chi connectivity index (χ1n) is 15.7. The van der Waals surface area contributed by atoms with E-state index < -0.39 is 52.3 Å². The summed E-state index contributed by atoms with van der Waals surface area (Å²) in [6, 6.07) is 8.34. The Morgan fingerprint density at radius 1 is 1.08 bits per heavy atom. The first-order chi connectivity index (χ1) is 23.5. The van der Waals surface area contributed by atoms with Gasteiger partial charge in [-0.3, -0.25) is 9.98 Å². The van der Waals surface area contributed by atoms with Gasteiger partial charge in [-0.2, -0.15) is 31.3 Å². The molecule has 3 saturated heterocycles. The SMILES string of the molecule is O=S(=O)(N[C@H]1CC2=C(c3ccn(C(F)F)n3)[C@H](c3ccc(F)cc3Cl)N=C(c3nccs3)N2C1)N1C2CCC1CC(O)(c1ccccn1)C2. The molecule has 2 N–H and O–H groups in total. The molecule has 11 nitrogen and oxygen atoms in total. The standard InChI is InChI=1S/C32H30ClF3N8O3S2/c33-23-13-18(34)4-7-22(23)28-27(24-8-11-43(40-24)31(35)36)25-14-19(17-42(25)29(39-28)30-38-10-12-48-30)41-49(46,47)44-20-5-6-21(44)16-32(45,15-20)26-3-1-2-9-37-26/h1-4,7-13,19-21,28,31,41,45H,5-6,14-17H2/t19-,20?,21?,28-,32?/m0/s1. The number of halogens is 4. The zero-order valence-corrected chi connectivity index (χ0v) is 28.1. The number of nitrogens with one attached hydrogen (secondary N) is 1. The predicted octanol–water partition coefficient (Wildman–Crippen LogP) is 5.26. The van der Waals surface area contributed by atoms with E-state index in [0.29, 0.717) is 50.9 Å². The largest absolute Gasteiger partial charge is 0.383 e. The average Bonchev–Trinajstić information content (AvgIpc) is 3.88. The minimum Gasteiger partial charge on any atom is -0.383 e. The number of aromatic nitrogens is 4. The Morgan fingerprint density at radius 2 is 1.88 bits per heavy atom. The third kappa shape index (κ3) is 5.77. The van der Waals surface area contributed by atoms with Crippen LogP contribution >= 0.6 is 22.9 Å². The number of rotatable bonds is 8. The van der Waals surface area contributed by atoms with Gasteiger partial charge in [0.15, 0.2) is 10.8 Å². The van der Waals surface area contributed by atoms with Crippen LogP contribution in [0.3, 0.4) is 0 Å². The van der Waals surface area contributed by atoms with E-state index >= 15 is 0 Å². The molecule has 7 heterocycles. The van der Waals surface area contributed by atoms with E-state index in [2.05, 4.69) is 19.8 Å². The highest BCUT2D eigenvalue weighted by molar-refractivity contribution is 7.87. The summed E-state index contributed by atoms with van der Waals surface area (Å²) in [6.45, 7) is -2.71. The monoisotopic (exact) mass is 730 g/mol. The minimum absolute atomic E-state index is 0.0913. The van der Waals surface area contributed by atoms with Crippen LogP contribution < -0.4 is 4.72 Å². The van der Waals surface area contributed by atoms with Crippen molar-refractivity contribution in [3.63, 3.8) is 0 Å². The van der Waals surface area contributed by atoms with Gasteiger partial charge in [0.1, 0.15) is 17.5 Å². The smallest absolute Gasteiger partial charge is 0.333 e. The lowest BCUT2D eigenvalue weighted by molar-refractivity contribution is -0.0377. The molecule has 1 aromatic carbocycles. The highest BCUT2D eigenvalue weighted by Crippen LogP contribution is 2.48. The topological polar surface area (TPSA) is 129 Å². The predicted molar refractivity (Wildman–Crippen MR) is 176 cm³/mol. The molecule has 0 saturated carbocycles.